The molecule has 0 fully saturated rings. The number of nitrogens with one attached hydrogen (secondary N) is 1. The maximum atomic E-state index is 13.4. The molecule has 29 heavy (non-hydrogen) atoms. The summed E-state index contributed by atoms with van der Waals surface area (Å²) in [6, 6.07) is 15.9. The van der Waals surface area contributed by atoms with Gasteiger partial charge in [0.2, 0.25) is 5.95 Å². The van der Waals surface area contributed by atoms with E-state index in [0.717, 1.165) is 46.0 Å². The summed E-state index contributed by atoms with van der Waals surface area (Å²) < 4.78 is 8.12. The van der Waals surface area contributed by atoms with Gasteiger partial charge in [0.15, 0.2) is 5.78 Å². The van der Waals surface area contributed by atoms with Crippen molar-refractivity contribution >= 4 is 22.8 Å². The number of hydrogen-bond donors (Lipinski definition) is 1. The summed E-state index contributed by atoms with van der Waals surface area (Å²) in [6.07, 6.45) is 1.37. The third-order valence-corrected chi connectivity index (χ3v) is 5.82. The number of hydrogen-bond acceptors (Lipinski definition) is 4. The fraction of sp³-hybridized carbons (Fsp3) is 0.333. The number of rotatable bonds is 3. The second-order valence-corrected chi connectivity index (χ2v) is 8.63. The summed E-state index contributed by atoms with van der Waals surface area (Å²) in [5, 5.41) is 3.50. The van der Waals surface area contributed by atoms with Crippen LogP contribution >= 0.6 is 0 Å². The predicted octanol–water partition coefficient (Wildman–Crippen LogP) is 5.09. The third-order valence-electron chi connectivity index (χ3n) is 5.82. The average molecular weight is 387 g/mol. The first-order chi connectivity index (χ1) is 14.0. The first-order valence-corrected chi connectivity index (χ1v) is 10.2. The van der Waals surface area contributed by atoms with Gasteiger partial charge in [0.25, 0.3) is 0 Å². The molecule has 1 aromatic heterocycles. The zero-order chi connectivity index (χ0) is 20.2. The van der Waals surface area contributed by atoms with E-state index < -0.39 is 0 Å². The van der Waals surface area contributed by atoms with Gasteiger partial charge in [0.05, 0.1) is 23.7 Å². The maximum Gasteiger partial charge on any atom is 0.209 e. The Labute approximate surface area is 170 Å². The van der Waals surface area contributed by atoms with E-state index in [1.54, 1.807) is 0 Å². The van der Waals surface area contributed by atoms with Crippen molar-refractivity contribution < 1.29 is 9.53 Å². The molecular weight excluding hydrogens is 362 g/mol. The number of anilines is 1. The molecule has 5 nitrogen and oxygen atoms in total. The maximum absolute atomic E-state index is 13.4. The molecular formula is C24H25N3O2. The fourth-order valence-electron chi connectivity index (χ4n) is 4.71. The minimum absolute atomic E-state index is 0.0684. The lowest BCUT2D eigenvalue weighted by atomic mass is 9.73. The fourth-order valence-corrected chi connectivity index (χ4v) is 4.71. The van der Waals surface area contributed by atoms with Crippen LogP contribution in [0.4, 0.5) is 5.95 Å². The number of Topliss-reactive ketones (excluding diaryl/α,β-unsaturated/α-hetero) is 1. The van der Waals surface area contributed by atoms with Gasteiger partial charge in [0.1, 0.15) is 5.75 Å². The molecule has 5 rings (SSSR count). The molecule has 0 amide bonds. The Morgan fingerprint density at radius 3 is 2.72 bits per heavy atom. The van der Waals surface area contributed by atoms with Crippen molar-refractivity contribution in [1.29, 1.82) is 0 Å². The average Bonchev–Trinajstić information content (AvgIpc) is 3.04. The number of para-hydroxylation sites is 3. The molecule has 148 valence electrons. The van der Waals surface area contributed by atoms with E-state index in [4.69, 9.17) is 9.72 Å². The van der Waals surface area contributed by atoms with Crippen molar-refractivity contribution in [3.05, 3.63) is 65.4 Å². The first-order valence-electron chi connectivity index (χ1n) is 10.2. The van der Waals surface area contributed by atoms with Gasteiger partial charge in [0, 0.05) is 23.3 Å². The number of aromatic nitrogens is 2. The highest BCUT2D eigenvalue weighted by Gasteiger charge is 2.42. The van der Waals surface area contributed by atoms with Gasteiger partial charge in [-0.25, -0.2) is 4.98 Å². The number of carbonyl (C=O) groups excluding carboxylic acids is 1. The number of benzene rings is 2. The summed E-state index contributed by atoms with van der Waals surface area (Å²) in [5.41, 5.74) is 4.69. The molecule has 1 atom stereocenters. The van der Waals surface area contributed by atoms with Crippen LogP contribution in [0.25, 0.3) is 11.0 Å². The molecule has 1 unspecified atom stereocenters. The van der Waals surface area contributed by atoms with Crippen LogP contribution in [-0.4, -0.2) is 21.9 Å². The molecule has 1 aliphatic carbocycles. The molecule has 0 bridgehead atoms. The van der Waals surface area contributed by atoms with Crippen LogP contribution < -0.4 is 10.1 Å². The van der Waals surface area contributed by atoms with E-state index in [1.807, 2.05) is 43.3 Å². The van der Waals surface area contributed by atoms with E-state index in [-0.39, 0.29) is 17.2 Å². The minimum Gasteiger partial charge on any atom is -0.494 e. The van der Waals surface area contributed by atoms with Gasteiger partial charge in [-0.2, -0.15) is 0 Å². The summed E-state index contributed by atoms with van der Waals surface area (Å²) >= 11 is 0. The summed E-state index contributed by atoms with van der Waals surface area (Å²) in [5.74, 6) is 1.80. The number of fused-ring (bicyclic) bond motifs is 3. The Kier molecular flexibility index (Phi) is 4.02. The van der Waals surface area contributed by atoms with Crippen LogP contribution in [0.15, 0.2) is 59.8 Å². The Morgan fingerprint density at radius 1 is 1.14 bits per heavy atom. The number of ketones is 1. The van der Waals surface area contributed by atoms with Crippen molar-refractivity contribution in [1.82, 2.24) is 9.55 Å². The second kappa shape index (κ2) is 6.48. The summed E-state index contributed by atoms with van der Waals surface area (Å²) in [6.45, 7) is 6.86. The van der Waals surface area contributed by atoms with E-state index in [2.05, 4.69) is 35.9 Å². The lowest BCUT2D eigenvalue weighted by molar-refractivity contribution is -0.118. The molecule has 2 heterocycles. The minimum atomic E-state index is -0.250. The molecule has 0 saturated carbocycles. The highest BCUT2D eigenvalue weighted by molar-refractivity contribution is 6.01. The van der Waals surface area contributed by atoms with Crippen LogP contribution in [0.1, 0.15) is 45.2 Å². The molecule has 0 saturated heterocycles. The molecule has 0 radical (unpaired) electrons. The topological polar surface area (TPSA) is 56.1 Å². The highest BCUT2D eigenvalue weighted by atomic mass is 16.5. The van der Waals surface area contributed by atoms with Crippen molar-refractivity contribution in [2.75, 3.05) is 11.9 Å². The van der Waals surface area contributed by atoms with E-state index in [1.165, 1.54) is 0 Å². The van der Waals surface area contributed by atoms with Gasteiger partial charge in [-0.05, 0) is 37.0 Å². The van der Waals surface area contributed by atoms with Crippen LogP contribution in [-0.2, 0) is 4.79 Å². The van der Waals surface area contributed by atoms with E-state index in [0.29, 0.717) is 13.0 Å². The van der Waals surface area contributed by atoms with E-state index >= 15 is 0 Å². The molecule has 2 aromatic carbocycles. The molecule has 2 aliphatic rings. The Bertz CT molecular complexity index is 1160. The highest BCUT2D eigenvalue weighted by Crippen LogP contribution is 2.48. The molecule has 5 heteroatoms. The Morgan fingerprint density at radius 2 is 1.90 bits per heavy atom. The summed E-state index contributed by atoms with van der Waals surface area (Å²) in [4.78, 5) is 18.2. The number of carbonyl (C=O) groups is 1. The van der Waals surface area contributed by atoms with Crippen LogP contribution in [0.2, 0.25) is 0 Å². The van der Waals surface area contributed by atoms with Crippen LogP contribution in [0, 0.1) is 5.41 Å². The van der Waals surface area contributed by atoms with Gasteiger partial charge in [-0.3, -0.25) is 9.36 Å². The van der Waals surface area contributed by atoms with Gasteiger partial charge < -0.3 is 10.1 Å². The van der Waals surface area contributed by atoms with E-state index in [9.17, 15) is 4.79 Å². The molecule has 1 N–H and O–H groups in total. The SMILES string of the molecule is CCOc1ccccc1C1C2=C(CC(C)(C)CC2=O)Nc2nc3ccccc3n21. The van der Waals surface area contributed by atoms with Crippen LogP contribution in [0.3, 0.4) is 0 Å². The number of ether oxygens (including phenoxy) is 1. The second-order valence-electron chi connectivity index (χ2n) is 8.63. The van der Waals surface area contributed by atoms with Gasteiger partial charge >= 0.3 is 0 Å². The summed E-state index contributed by atoms with van der Waals surface area (Å²) in [7, 11) is 0. The van der Waals surface area contributed by atoms with Crippen molar-refractivity contribution in [3.8, 4) is 5.75 Å². The van der Waals surface area contributed by atoms with Crippen molar-refractivity contribution in [2.45, 2.75) is 39.7 Å². The van der Waals surface area contributed by atoms with Crippen molar-refractivity contribution in [3.63, 3.8) is 0 Å². The lowest BCUT2D eigenvalue weighted by Crippen LogP contribution is -2.36. The molecule has 3 aromatic rings. The Hall–Kier alpha value is -3.08. The normalized spacial score (nSPS) is 20.2. The number of imidazole rings is 1. The largest absolute Gasteiger partial charge is 0.494 e. The van der Waals surface area contributed by atoms with Gasteiger partial charge in [-0.1, -0.05) is 44.2 Å². The smallest absolute Gasteiger partial charge is 0.209 e. The number of allylic oxidation sites excluding steroid dienone is 2. The molecule has 1 aliphatic heterocycles. The zero-order valence-corrected chi connectivity index (χ0v) is 17.0. The first kappa shape index (κ1) is 18.0. The Balaban J connectivity index is 1.80. The third kappa shape index (κ3) is 2.84. The van der Waals surface area contributed by atoms with Gasteiger partial charge in [-0.15, -0.1) is 0 Å². The zero-order valence-electron chi connectivity index (χ0n) is 17.0. The monoisotopic (exact) mass is 387 g/mol. The molecule has 0 spiro atoms. The quantitative estimate of drug-likeness (QED) is 0.680. The predicted molar refractivity (Wildman–Crippen MR) is 114 cm³/mol. The van der Waals surface area contributed by atoms with Crippen molar-refractivity contribution in [2.24, 2.45) is 5.41 Å². The van der Waals surface area contributed by atoms with Crippen LogP contribution in [0.5, 0.6) is 5.75 Å². The lowest BCUT2D eigenvalue weighted by Gasteiger charge is -2.39. The number of nitrogens with zero attached hydrogens (tertiary/aromatic N) is 2. The standard InChI is InChI=1S/C24H25N3O2/c1-4-29-20-12-8-5-9-15(20)22-21-17(13-24(2,3)14-19(21)28)26-23-25-16-10-6-7-11-18(16)27(22)23/h5-12,22H,4,13-14H2,1-3H3,(H,25,26).